The van der Waals surface area contributed by atoms with Gasteiger partial charge in [0.1, 0.15) is 5.01 Å². The van der Waals surface area contributed by atoms with E-state index in [1.165, 1.54) is 0 Å². The van der Waals surface area contributed by atoms with E-state index in [1.807, 2.05) is 13.8 Å². The smallest absolute Gasteiger partial charge is 0.159 e. The first kappa shape index (κ1) is 13.6. The van der Waals surface area contributed by atoms with Gasteiger partial charge in [-0.2, -0.15) is 0 Å². The van der Waals surface area contributed by atoms with E-state index in [0.29, 0.717) is 6.04 Å². The molecule has 0 spiro atoms. The minimum atomic E-state index is 0.517. The van der Waals surface area contributed by atoms with Crippen LogP contribution in [0.1, 0.15) is 29.6 Å². The van der Waals surface area contributed by atoms with Crippen LogP contribution < -0.4 is 5.32 Å². The summed E-state index contributed by atoms with van der Waals surface area (Å²) in [5, 5.41) is 15.1. The lowest BCUT2D eigenvalue weighted by Gasteiger charge is -2.04. The van der Waals surface area contributed by atoms with Gasteiger partial charge in [0.2, 0.25) is 0 Å². The van der Waals surface area contributed by atoms with Crippen molar-refractivity contribution in [1.82, 2.24) is 20.5 Å². The molecule has 98 valence electrons. The van der Waals surface area contributed by atoms with Crippen LogP contribution in [0.15, 0.2) is 0 Å². The molecular formula is C12H18N4S2. The highest BCUT2D eigenvalue weighted by molar-refractivity contribution is 7.21. The van der Waals surface area contributed by atoms with Crippen LogP contribution in [-0.2, 0) is 6.42 Å². The molecule has 0 atom stereocenters. The lowest BCUT2D eigenvalue weighted by atomic mass is 10.3. The fourth-order valence-corrected chi connectivity index (χ4v) is 3.52. The van der Waals surface area contributed by atoms with Gasteiger partial charge in [0.15, 0.2) is 5.01 Å². The van der Waals surface area contributed by atoms with E-state index in [2.05, 4.69) is 34.3 Å². The fourth-order valence-electron chi connectivity index (χ4n) is 1.64. The van der Waals surface area contributed by atoms with Crippen molar-refractivity contribution in [3.63, 3.8) is 0 Å². The summed E-state index contributed by atoms with van der Waals surface area (Å²) in [6.07, 6.45) is 0.937. The number of thiazole rings is 1. The minimum Gasteiger partial charge on any atom is -0.314 e. The van der Waals surface area contributed by atoms with Crippen molar-refractivity contribution >= 4 is 22.7 Å². The first-order valence-electron chi connectivity index (χ1n) is 6.06. The Labute approximate surface area is 116 Å². The number of rotatable bonds is 5. The molecule has 2 rings (SSSR count). The first-order valence-corrected chi connectivity index (χ1v) is 7.69. The topological polar surface area (TPSA) is 50.7 Å². The largest absolute Gasteiger partial charge is 0.314 e. The van der Waals surface area contributed by atoms with Gasteiger partial charge >= 0.3 is 0 Å². The van der Waals surface area contributed by atoms with Crippen molar-refractivity contribution in [2.75, 3.05) is 6.54 Å². The van der Waals surface area contributed by atoms with E-state index in [-0.39, 0.29) is 0 Å². The summed E-state index contributed by atoms with van der Waals surface area (Å²) in [5.41, 5.74) is 1.06. The van der Waals surface area contributed by atoms with Crippen molar-refractivity contribution in [2.45, 2.75) is 40.2 Å². The van der Waals surface area contributed by atoms with Gasteiger partial charge in [0, 0.05) is 19.0 Å². The zero-order chi connectivity index (χ0) is 13.1. The van der Waals surface area contributed by atoms with Gasteiger partial charge < -0.3 is 5.32 Å². The van der Waals surface area contributed by atoms with Crippen LogP contribution in [0.5, 0.6) is 0 Å². The molecule has 1 N–H and O–H groups in total. The predicted molar refractivity (Wildman–Crippen MR) is 77.3 cm³/mol. The summed E-state index contributed by atoms with van der Waals surface area (Å²) < 4.78 is 0. The molecule has 0 unspecified atom stereocenters. The molecule has 0 aromatic carbocycles. The number of nitrogens with zero attached hydrogens (tertiary/aromatic N) is 3. The molecule has 0 bridgehead atoms. The van der Waals surface area contributed by atoms with Crippen molar-refractivity contribution in [3.8, 4) is 9.88 Å². The lowest BCUT2D eigenvalue weighted by Crippen LogP contribution is -2.24. The Bertz CT molecular complexity index is 516. The van der Waals surface area contributed by atoms with Crippen LogP contribution in [0, 0.1) is 13.8 Å². The molecule has 0 saturated heterocycles. The van der Waals surface area contributed by atoms with E-state index in [1.54, 1.807) is 22.7 Å². The van der Waals surface area contributed by atoms with Gasteiger partial charge in [0.05, 0.1) is 15.6 Å². The van der Waals surface area contributed by atoms with Gasteiger partial charge in [-0.1, -0.05) is 25.2 Å². The van der Waals surface area contributed by atoms with E-state index in [0.717, 1.165) is 38.6 Å². The van der Waals surface area contributed by atoms with Crippen LogP contribution >= 0.6 is 22.7 Å². The van der Waals surface area contributed by atoms with Crippen molar-refractivity contribution in [1.29, 1.82) is 0 Å². The number of nitrogens with one attached hydrogen (secondary N) is 1. The average Bonchev–Trinajstić information content (AvgIpc) is 2.85. The third kappa shape index (κ3) is 3.34. The Kier molecular flexibility index (Phi) is 4.42. The van der Waals surface area contributed by atoms with E-state index in [9.17, 15) is 0 Å². The second-order valence-corrected chi connectivity index (χ2v) is 6.77. The average molecular weight is 282 g/mol. The molecule has 0 saturated carbocycles. The van der Waals surface area contributed by atoms with Crippen molar-refractivity contribution in [3.05, 3.63) is 15.7 Å². The monoisotopic (exact) mass is 282 g/mol. The third-order valence-corrected chi connectivity index (χ3v) is 4.67. The van der Waals surface area contributed by atoms with E-state index in [4.69, 9.17) is 0 Å². The zero-order valence-corrected chi connectivity index (χ0v) is 12.8. The minimum absolute atomic E-state index is 0.517. The maximum atomic E-state index is 4.43. The Morgan fingerprint density at radius 1 is 1.17 bits per heavy atom. The van der Waals surface area contributed by atoms with Crippen LogP contribution in [-0.4, -0.2) is 27.8 Å². The van der Waals surface area contributed by atoms with Gasteiger partial charge in [0.25, 0.3) is 0 Å². The Balaban J connectivity index is 2.04. The van der Waals surface area contributed by atoms with Gasteiger partial charge in [-0.05, 0) is 13.8 Å². The molecule has 0 fully saturated rings. The molecule has 4 nitrogen and oxygen atoms in total. The van der Waals surface area contributed by atoms with Crippen molar-refractivity contribution in [2.24, 2.45) is 0 Å². The molecule has 0 aliphatic carbocycles. The summed E-state index contributed by atoms with van der Waals surface area (Å²) in [6.45, 7) is 9.30. The van der Waals surface area contributed by atoms with E-state index < -0.39 is 0 Å². The van der Waals surface area contributed by atoms with Crippen LogP contribution in [0.25, 0.3) is 9.88 Å². The predicted octanol–water partition coefficient (Wildman–Crippen LogP) is 2.82. The third-order valence-electron chi connectivity index (χ3n) is 2.46. The van der Waals surface area contributed by atoms with Crippen molar-refractivity contribution < 1.29 is 0 Å². The maximum absolute atomic E-state index is 4.43. The second-order valence-electron chi connectivity index (χ2n) is 4.51. The second kappa shape index (κ2) is 5.86. The fraction of sp³-hybridized carbons (Fsp3) is 0.583. The quantitative estimate of drug-likeness (QED) is 0.916. The summed E-state index contributed by atoms with van der Waals surface area (Å²) in [4.78, 5) is 5.59. The molecule has 0 aliphatic heterocycles. The lowest BCUT2D eigenvalue weighted by molar-refractivity contribution is 0.588. The van der Waals surface area contributed by atoms with Crippen LogP contribution in [0.4, 0.5) is 0 Å². The molecule has 0 amide bonds. The molecule has 0 radical (unpaired) electrons. The molecule has 2 heterocycles. The molecule has 0 aliphatic rings. The van der Waals surface area contributed by atoms with Crippen LogP contribution in [0.2, 0.25) is 0 Å². The molecule has 2 aromatic rings. The number of hydrogen-bond acceptors (Lipinski definition) is 6. The van der Waals surface area contributed by atoms with E-state index >= 15 is 0 Å². The standard InChI is InChI=1S/C12H18N4S2/c1-7(2)13-6-5-10-15-16-12(18-10)11-8(3)14-9(4)17-11/h7,13H,5-6H2,1-4H3. The summed E-state index contributed by atoms with van der Waals surface area (Å²) in [6, 6.07) is 0.517. The van der Waals surface area contributed by atoms with Gasteiger partial charge in [-0.3, -0.25) is 0 Å². The summed E-state index contributed by atoms with van der Waals surface area (Å²) in [5.74, 6) is 0. The highest BCUT2D eigenvalue weighted by Gasteiger charge is 2.12. The first-order chi connectivity index (χ1) is 8.56. The normalized spacial score (nSPS) is 11.4. The SMILES string of the molecule is Cc1nc(C)c(-c2nnc(CCNC(C)C)s2)s1. The number of hydrogen-bond donors (Lipinski definition) is 1. The van der Waals surface area contributed by atoms with Gasteiger partial charge in [-0.15, -0.1) is 21.5 Å². The Hall–Kier alpha value is -0.850. The molecular weight excluding hydrogens is 264 g/mol. The molecule has 2 aromatic heterocycles. The summed E-state index contributed by atoms with van der Waals surface area (Å²) in [7, 11) is 0. The molecule has 18 heavy (non-hydrogen) atoms. The Morgan fingerprint density at radius 3 is 2.56 bits per heavy atom. The maximum Gasteiger partial charge on any atom is 0.159 e. The molecule has 6 heteroatoms. The van der Waals surface area contributed by atoms with Gasteiger partial charge in [-0.25, -0.2) is 4.98 Å². The number of aromatic nitrogens is 3. The van der Waals surface area contributed by atoms with Crippen LogP contribution in [0.3, 0.4) is 0 Å². The highest BCUT2D eigenvalue weighted by Crippen LogP contribution is 2.31. The zero-order valence-electron chi connectivity index (χ0n) is 11.1. The summed E-state index contributed by atoms with van der Waals surface area (Å²) >= 11 is 3.36. The number of aryl methyl sites for hydroxylation is 2. The Morgan fingerprint density at radius 2 is 1.94 bits per heavy atom. The highest BCUT2D eigenvalue weighted by atomic mass is 32.1.